The summed E-state index contributed by atoms with van der Waals surface area (Å²) in [5.41, 5.74) is 1.31. The van der Waals surface area contributed by atoms with Gasteiger partial charge in [-0.15, -0.1) is 22.7 Å². The average Bonchev–Trinajstić information content (AvgIpc) is 3.03. The van der Waals surface area contributed by atoms with Gasteiger partial charge in [-0.3, -0.25) is 0 Å². The molecule has 0 aliphatic heterocycles. The van der Waals surface area contributed by atoms with E-state index < -0.39 is 0 Å². The third-order valence-corrected chi connectivity index (χ3v) is 4.27. The van der Waals surface area contributed by atoms with Crippen LogP contribution in [0.25, 0.3) is 10.4 Å². The van der Waals surface area contributed by atoms with Crippen molar-refractivity contribution in [1.29, 1.82) is 0 Å². The van der Waals surface area contributed by atoms with Crippen molar-refractivity contribution in [2.45, 2.75) is 6.54 Å². The van der Waals surface area contributed by atoms with E-state index in [0.29, 0.717) is 13.2 Å². The summed E-state index contributed by atoms with van der Waals surface area (Å²) < 4.78 is 5.18. The Balaban J connectivity index is 1.71. The number of nitrogens with one attached hydrogen (secondary N) is 1. The molecule has 2 aromatic rings. The highest BCUT2D eigenvalue weighted by molar-refractivity contribution is 7.14. The first-order valence-electron chi connectivity index (χ1n) is 5.91. The van der Waals surface area contributed by atoms with Gasteiger partial charge in [0, 0.05) is 28.4 Å². The number of ether oxygens (including phenoxy) is 1. The molecule has 98 valence electrons. The largest absolute Gasteiger partial charge is 0.394 e. The van der Waals surface area contributed by atoms with E-state index in [1.165, 1.54) is 15.3 Å². The predicted octanol–water partition coefficient (Wildman–Crippen LogP) is 2.58. The quantitative estimate of drug-likeness (QED) is 0.732. The highest BCUT2D eigenvalue weighted by Crippen LogP contribution is 2.28. The molecule has 0 aromatic carbocycles. The molecule has 18 heavy (non-hydrogen) atoms. The Bertz CT molecular complexity index is 440. The highest BCUT2D eigenvalue weighted by atomic mass is 32.1. The third-order valence-electron chi connectivity index (χ3n) is 2.42. The van der Waals surface area contributed by atoms with Crippen LogP contribution in [0.2, 0.25) is 0 Å². The van der Waals surface area contributed by atoms with E-state index in [-0.39, 0.29) is 6.61 Å². The van der Waals surface area contributed by atoms with Crippen LogP contribution in [0.3, 0.4) is 0 Å². The second kappa shape index (κ2) is 7.66. The van der Waals surface area contributed by atoms with Crippen molar-refractivity contribution in [3.05, 3.63) is 33.8 Å². The molecule has 0 aliphatic carbocycles. The number of aliphatic hydroxyl groups is 1. The first kappa shape index (κ1) is 13.7. The molecule has 0 bridgehead atoms. The summed E-state index contributed by atoms with van der Waals surface area (Å²) >= 11 is 3.55. The molecule has 0 spiro atoms. The van der Waals surface area contributed by atoms with Crippen molar-refractivity contribution >= 4 is 22.7 Å². The topological polar surface area (TPSA) is 41.5 Å². The number of aliphatic hydroxyl groups excluding tert-OH is 1. The van der Waals surface area contributed by atoms with E-state index in [4.69, 9.17) is 9.84 Å². The minimum absolute atomic E-state index is 0.0924. The predicted molar refractivity (Wildman–Crippen MR) is 77.2 cm³/mol. The first-order chi connectivity index (χ1) is 8.90. The molecule has 0 radical (unpaired) electrons. The van der Waals surface area contributed by atoms with Crippen molar-refractivity contribution < 1.29 is 9.84 Å². The van der Waals surface area contributed by atoms with E-state index in [1.807, 2.05) is 0 Å². The van der Waals surface area contributed by atoms with Crippen LogP contribution in [0, 0.1) is 0 Å². The van der Waals surface area contributed by atoms with Gasteiger partial charge in [0.2, 0.25) is 0 Å². The molecule has 0 fully saturated rings. The normalized spacial score (nSPS) is 10.9. The molecule has 0 atom stereocenters. The minimum Gasteiger partial charge on any atom is -0.394 e. The van der Waals surface area contributed by atoms with Crippen molar-refractivity contribution in [2.24, 2.45) is 0 Å². The summed E-state index contributed by atoms with van der Waals surface area (Å²) in [5.74, 6) is 0. The molecular formula is C13H17NO2S2. The SMILES string of the molecule is OCCOCCNCc1cc(-c2cccs2)cs1. The van der Waals surface area contributed by atoms with Gasteiger partial charge in [0.15, 0.2) is 0 Å². The fourth-order valence-electron chi connectivity index (χ4n) is 1.57. The van der Waals surface area contributed by atoms with E-state index in [0.717, 1.165) is 13.1 Å². The Morgan fingerprint density at radius 2 is 2.22 bits per heavy atom. The molecule has 0 saturated heterocycles. The van der Waals surface area contributed by atoms with Crippen LogP contribution >= 0.6 is 22.7 Å². The number of hydrogen-bond donors (Lipinski definition) is 2. The standard InChI is InChI=1S/C13H17NO2S2/c15-4-6-16-5-3-14-9-12-8-11(10-18-12)13-2-1-7-17-13/h1-2,7-8,10,14-15H,3-6,9H2. The van der Waals surface area contributed by atoms with Gasteiger partial charge in [-0.05, 0) is 22.9 Å². The summed E-state index contributed by atoms with van der Waals surface area (Å²) in [4.78, 5) is 2.66. The maximum Gasteiger partial charge on any atom is 0.0698 e. The van der Waals surface area contributed by atoms with Gasteiger partial charge in [0.1, 0.15) is 0 Å². The van der Waals surface area contributed by atoms with Crippen LogP contribution in [-0.2, 0) is 11.3 Å². The third kappa shape index (κ3) is 4.19. The van der Waals surface area contributed by atoms with E-state index in [1.54, 1.807) is 22.7 Å². The van der Waals surface area contributed by atoms with Crippen molar-refractivity contribution in [2.75, 3.05) is 26.4 Å². The molecule has 0 amide bonds. The van der Waals surface area contributed by atoms with Gasteiger partial charge in [0.25, 0.3) is 0 Å². The minimum atomic E-state index is 0.0924. The lowest BCUT2D eigenvalue weighted by atomic mass is 10.2. The maximum atomic E-state index is 8.55. The lowest BCUT2D eigenvalue weighted by Crippen LogP contribution is -2.19. The monoisotopic (exact) mass is 283 g/mol. The Kier molecular flexibility index (Phi) is 5.83. The van der Waals surface area contributed by atoms with Crippen LogP contribution in [0.5, 0.6) is 0 Å². The molecule has 2 heterocycles. The van der Waals surface area contributed by atoms with Crippen LogP contribution in [0.4, 0.5) is 0 Å². The van der Waals surface area contributed by atoms with Crippen LogP contribution in [0.15, 0.2) is 29.0 Å². The molecule has 3 nitrogen and oxygen atoms in total. The van der Waals surface area contributed by atoms with Gasteiger partial charge >= 0.3 is 0 Å². The maximum absolute atomic E-state index is 8.55. The summed E-state index contributed by atoms with van der Waals surface area (Å²) in [6, 6.07) is 6.46. The van der Waals surface area contributed by atoms with Crippen LogP contribution in [-0.4, -0.2) is 31.5 Å². The summed E-state index contributed by atoms with van der Waals surface area (Å²) in [6.45, 7) is 2.84. The van der Waals surface area contributed by atoms with Gasteiger partial charge < -0.3 is 15.2 Å². The fourth-order valence-corrected chi connectivity index (χ4v) is 3.21. The number of thiophene rings is 2. The molecular weight excluding hydrogens is 266 g/mol. The summed E-state index contributed by atoms with van der Waals surface area (Å²) in [5, 5.41) is 16.2. The Morgan fingerprint density at radius 1 is 1.28 bits per heavy atom. The Hall–Kier alpha value is -0.720. The zero-order valence-corrected chi connectivity index (χ0v) is 11.7. The number of hydrogen-bond acceptors (Lipinski definition) is 5. The summed E-state index contributed by atoms with van der Waals surface area (Å²) in [6.07, 6.45) is 0. The van der Waals surface area contributed by atoms with E-state index in [9.17, 15) is 0 Å². The van der Waals surface area contributed by atoms with Crippen LogP contribution in [0.1, 0.15) is 4.88 Å². The van der Waals surface area contributed by atoms with E-state index in [2.05, 4.69) is 34.3 Å². The molecule has 2 rings (SSSR count). The molecule has 2 aromatic heterocycles. The van der Waals surface area contributed by atoms with Gasteiger partial charge in [-0.25, -0.2) is 0 Å². The lowest BCUT2D eigenvalue weighted by molar-refractivity contribution is 0.0938. The second-order valence-electron chi connectivity index (χ2n) is 3.79. The Labute approximate surface area is 115 Å². The molecule has 0 unspecified atom stereocenters. The molecule has 0 saturated carbocycles. The van der Waals surface area contributed by atoms with Gasteiger partial charge in [-0.2, -0.15) is 0 Å². The van der Waals surface area contributed by atoms with Crippen molar-refractivity contribution in [1.82, 2.24) is 5.32 Å². The van der Waals surface area contributed by atoms with Crippen molar-refractivity contribution in [3.63, 3.8) is 0 Å². The highest BCUT2D eigenvalue weighted by Gasteiger charge is 2.02. The zero-order chi connectivity index (χ0) is 12.6. The van der Waals surface area contributed by atoms with E-state index >= 15 is 0 Å². The molecule has 2 N–H and O–H groups in total. The molecule has 5 heteroatoms. The number of rotatable bonds is 8. The average molecular weight is 283 g/mol. The van der Waals surface area contributed by atoms with Crippen LogP contribution < -0.4 is 5.32 Å². The molecule has 0 aliphatic rings. The smallest absolute Gasteiger partial charge is 0.0698 e. The lowest BCUT2D eigenvalue weighted by Gasteiger charge is -2.03. The first-order valence-corrected chi connectivity index (χ1v) is 7.66. The Morgan fingerprint density at radius 3 is 3.00 bits per heavy atom. The summed E-state index contributed by atoms with van der Waals surface area (Å²) in [7, 11) is 0. The zero-order valence-electron chi connectivity index (χ0n) is 10.1. The van der Waals surface area contributed by atoms with Crippen molar-refractivity contribution in [3.8, 4) is 10.4 Å². The second-order valence-corrected chi connectivity index (χ2v) is 5.74. The van der Waals surface area contributed by atoms with Gasteiger partial charge in [0.05, 0.1) is 19.8 Å². The van der Waals surface area contributed by atoms with Gasteiger partial charge in [-0.1, -0.05) is 6.07 Å². The fraction of sp³-hybridized carbons (Fsp3) is 0.385.